The summed E-state index contributed by atoms with van der Waals surface area (Å²) in [5.41, 5.74) is -0.596. The molecule has 0 aliphatic carbocycles. The Morgan fingerprint density at radius 1 is 1.00 bits per heavy atom. The average Bonchev–Trinajstić information content (AvgIpc) is 3.19. The Labute approximate surface area is 209 Å². The van der Waals surface area contributed by atoms with Crippen LogP contribution in [0.15, 0.2) is 12.7 Å². The summed E-state index contributed by atoms with van der Waals surface area (Å²) in [7, 11) is -3.97. The van der Waals surface area contributed by atoms with Crippen molar-refractivity contribution < 1.29 is 42.5 Å². The van der Waals surface area contributed by atoms with Gasteiger partial charge in [-0.1, -0.05) is 0 Å². The third-order valence-electron chi connectivity index (χ3n) is 4.48. The fourth-order valence-corrected chi connectivity index (χ4v) is 3.46. The van der Waals surface area contributed by atoms with Crippen molar-refractivity contribution in [2.24, 2.45) is 10.8 Å². The number of aliphatic hydroxyl groups excluding tert-OH is 1. The summed E-state index contributed by atoms with van der Waals surface area (Å²) < 4.78 is 40.8. The molecule has 0 radical (unpaired) electrons. The molecule has 14 nitrogen and oxygen atoms in total. The van der Waals surface area contributed by atoms with Crippen LogP contribution in [0.1, 0.15) is 41.5 Å². The first-order chi connectivity index (χ1) is 16.8. The summed E-state index contributed by atoms with van der Waals surface area (Å²) in [5.74, 6) is -0.737. The van der Waals surface area contributed by atoms with Gasteiger partial charge in [-0.25, -0.2) is 15.0 Å². The quantitative estimate of drug-likeness (QED) is 0.167. The summed E-state index contributed by atoms with van der Waals surface area (Å²) in [4.78, 5) is 36.3. The van der Waals surface area contributed by atoms with E-state index in [1.165, 1.54) is 12.7 Å². The van der Waals surface area contributed by atoms with Gasteiger partial charge in [-0.15, -0.1) is 0 Å². The van der Waals surface area contributed by atoms with Gasteiger partial charge in [-0.3, -0.25) is 23.2 Å². The van der Waals surface area contributed by atoms with Crippen LogP contribution in [0, 0.1) is 10.8 Å². The van der Waals surface area contributed by atoms with Crippen LogP contribution < -0.4 is 5.32 Å². The highest BCUT2D eigenvalue weighted by atomic mass is 31.2. The van der Waals surface area contributed by atoms with Crippen LogP contribution >= 0.6 is 7.60 Å². The van der Waals surface area contributed by atoms with E-state index in [1.54, 1.807) is 46.1 Å². The summed E-state index contributed by atoms with van der Waals surface area (Å²) in [6.07, 6.45) is 2.36. The normalized spacial score (nSPS) is 12.5. The number of carbonyl (C=O) groups is 2. The van der Waals surface area contributed by atoms with E-state index in [0.717, 1.165) is 0 Å². The fourth-order valence-electron chi connectivity index (χ4n) is 2.45. The van der Waals surface area contributed by atoms with Crippen molar-refractivity contribution >= 4 is 36.5 Å². The molecule has 2 N–H and O–H groups in total. The number of anilines is 1. The third kappa shape index (κ3) is 8.79. The fraction of sp³-hybridized carbons (Fsp3) is 0.667. The van der Waals surface area contributed by atoms with Crippen LogP contribution in [0.2, 0.25) is 0 Å². The maximum Gasteiger partial charge on any atom is 0.361 e. The first-order valence-electron chi connectivity index (χ1n) is 11.1. The molecule has 0 atom stereocenters. The van der Waals surface area contributed by atoms with E-state index in [2.05, 4.69) is 20.3 Å². The molecule has 2 rings (SSSR count). The van der Waals surface area contributed by atoms with Gasteiger partial charge in [-0.05, 0) is 41.5 Å². The molecule has 202 valence electrons. The van der Waals surface area contributed by atoms with Crippen molar-refractivity contribution in [3.63, 3.8) is 0 Å². The SMILES string of the molecule is CC(C)(C)C(=O)OCOP(=O)(COCCn1cnc2c(NCO)ncnc21)OCOC(=O)C(C)(C)C. The lowest BCUT2D eigenvalue weighted by atomic mass is 9.98. The van der Waals surface area contributed by atoms with Crippen molar-refractivity contribution in [2.75, 3.05) is 38.6 Å². The summed E-state index contributed by atoms with van der Waals surface area (Å²) in [5, 5.41) is 11.7. The number of carbonyl (C=O) groups excluding carboxylic acids is 2. The molecule has 0 unspecified atom stereocenters. The molecule has 0 aliphatic heterocycles. The number of fused-ring (bicyclic) bond motifs is 1. The smallest absolute Gasteiger partial charge is 0.361 e. The number of hydrogen-bond acceptors (Lipinski definition) is 13. The lowest BCUT2D eigenvalue weighted by Gasteiger charge is -2.22. The Balaban J connectivity index is 1.96. The van der Waals surface area contributed by atoms with E-state index in [1.807, 2.05) is 0 Å². The first kappa shape index (κ1) is 29.6. The molecule has 0 saturated heterocycles. The number of nitrogens with zero attached hydrogens (tertiary/aromatic N) is 4. The predicted molar refractivity (Wildman–Crippen MR) is 127 cm³/mol. The van der Waals surface area contributed by atoms with Gasteiger partial charge in [0, 0.05) is 6.54 Å². The monoisotopic (exact) mass is 531 g/mol. The Kier molecular flexibility index (Phi) is 10.3. The minimum atomic E-state index is -3.97. The second-order valence-corrected chi connectivity index (χ2v) is 11.7. The Hall–Kier alpha value is -2.64. The first-order valence-corrected chi connectivity index (χ1v) is 12.8. The molecule has 0 saturated carbocycles. The minimum absolute atomic E-state index is 0.0679. The summed E-state index contributed by atoms with van der Waals surface area (Å²) in [6, 6.07) is 0. The maximum atomic E-state index is 13.1. The third-order valence-corrected chi connectivity index (χ3v) is 5.97. The number of esters is 2. The summed E-state index contributed by atoms with van der Waals surface area (Å²) in [6.45, 7) is 8.74. The van der Waals surface area contributed by atoms with Crippen molar-refractivity contribution in [2.45, 2.75) is 48.1 Å². The molecule has 15 heteroatoms. The Morgan fingerprint density at radius 3 is 2.11 bits per heavy atom. The Bertz CT molecular complexity index is 1040. The standard InChI is InChI=1S/C21H34N5O9P/c1-20(2,3)18(28)32-12-34-36(30,35-13-33-19(29)21(4,5)6)14-31-8-7-26-10-24-15-16(25-11-27)22-9-23-17(15)26/h9-10,27H,7-8,11-14H2,1-6H3,(H,22,23,25). The molecule has 2 aromatic heterocycles. The van der Waals surface area contributed by atoms with Crippen molar-refractivity contribution in [3.05, 3.63) is 12.7 Å². The number of nitrogens with one attached hydrogen (secondary N) is 1. The molecule has 0 aromatic carbocycles. The van der Waals surface area contributed by atoms with Crippen molar-refractivity contribution in [3.8, 4) is 0 Å². The zero-order chi connectivity index (χ0) is 27.0. The predicted octanol–water partition coefficient (Wildman–Crippen LogP) is 2.48. The van der Waals surface area contributed by atoms with Crippen molar-refractivity contribution in [1.82, 2.24) is 19.5 Å². The second-order valence-electron chi connectivity index (χ2n) is 9.67. The number of imidazole rings is 1. The van der Waals surface area contributed by atoms with Gasteiger partial charge in [-0.2, -0.15) is 0 Å². The summed E-state index contributed by atoms with van der Waals surface area (Å²) >= 11 is 0. The van der Waals surface area contributed by atoms with Gasteiger partial charge in [0.2, 0.25) is 13.6 Å². The largest absolute Gasteiger partial charge is 0.438 e. The van der Waals surface area contributed by atoms with E-state index >= 15 is 0 Å². The van der Waals surface area contributed by atoms with Crippen LogP contribution in [-0.4, -0.2) is 69.8 Å². The average molecular weight is 532 g/mol. The zero-order valence-electron chi connectivity index (χ0n) is 21.3. The molecule has 0 fully saturated rings. The molecule has 0 bridgehead atoms. The Morgan fingerprint density at radius 2 is 1.58 bits per heavy atom. The molecule has 0 aliphatic rings. The van der Waals surface area contributed by atoms with E-state index < -0.39 is 50.3 Å². The molecule has 36 heavy (non-hydrogen) atoms. The highest BCUT2D eigenvalue weighted by Crippen LogP contribution is 2.48. The van der Waals surface area contributed by atoms with Crippen LogP contribution in [0.25, 0.3) is 11.2 Å². The minimum Gasteiger partial charge on any atom is -0.438 e. The second kappa shape index (κ2) is 12.5. The lowest BCUT2D eigenvalue weighted by Crippen LogP contribution is -2.25. The topological polar surface area (TPSA) is 173 Å². The van der Waals surface area contributed by atoms with E-state index in [0.29, 0.717) is 17.0 Å². The van der Waals surface area contributed by atoms with Crippen LogP contribution in [-0.2, 0) is 44.0 Å². The number of hydrogen-bond donors (Lipinski definition) is 2. The van der Waals surface area contributed by atoms with Gasteiger partial charge in [0.15, 0.2) is 11.5 Å². The molecule has 0 amide bonds. The van der Waals surface area contributed by atoms with Crippen LogP contribution in [0.4, 0.5) is 5.82 Å². The molecule has 2 aromatic rings. The highest BCUT2D eigenvalue weighted by Gasteiger charge is 2.30. The van der Waals surface area contributed by atoms with Gasteiger partial charge in [0.05, 0.1) is 23.8 Å². The van der Waals surface area contributed by atoms with E-state index in [-0.39, 0.29) is 19.9 Å². The number of aromatic nitrogens is 4. The van der Waals surface area contributed by atoms with Crippen LogP contribution in [0.3, 0.4) is 0 Å². The maximum absolute atomic E-state index is 13.1. The number of rotatable bonds is 13. The molecular weight excluding hydrogens is 497 g/mol. The van der Waals surface area contributed by atoms with Gasteiger partial charge in [0.1, 0.15) is 24.9 Å². The van der Waals surface area contributed by atoms with Gasteiger partial charge >= 0.3 is 19.5 Å². The number of ether oxygens (including phenoxy) is 3. The van der Waals surface area contributed by atoms with Gasteiger partial charge < -0.3 is 29.2 Å². The molecule has 0 spiro atoms. The van der Waals surface area contributed by atoms with E-state index in [4.69, 9.17) is 28.4 Å². The van der Waals surface area contributed by atoms with E-state index in [9.17, 15) is 14.2 Å². The van der Waals surface area contributed by atoms with Crippen molar-refractivity contribution in [1.29, 1.82) is 0 Å². The van der Waals surface area contributed by atoms with Crippen LogP contribution in [0.5, 0.6) is 0 Å². The zero-order valence-corrected chi connectivity index (χ0v) is 22.2. The van der Waals surface area contributed by atoms with Gasteiger partial charge in [0.25, 0.3) is 0 Å². The lowest BCUT2D eigenvalue weighted by molar-refractivity contribution is -0.162. The molecule has 2 heterocycles. The highest BCUT2D eigenvalue weighted by molar-refractivity contribution is 7.53. The number of aliphatic hydroxyl groups is 1. The molecular formula is C21H34N5O9P.